The van der Waals surface area contributed by atoms with E-state index >= 15 is 0 Å². The predicted molar refractivity (Wildman–Crippen MR) is 47.4 cm³/mol. The second-order valence-electron chi connectivity index (χ2n) is 4.17. The molecule has 0 radical (unpaired) electrons. The highest BCUT2D eigenvalue weighted by Gasteiger charge is 2.28. The second kappa shape index (κ2) is 2.98. The summed E-state index contributed by atoms with van der Waals surface area (Å²) >= 11 is 0. The van der Waals surface area contributed by atoms with Gasteiger partial charge in [-0.25, -0.2) is 0 Å². The molecule has 1 atom stereocenters. The van der Waals surface area contributed by atoms with E-state index in [9.17, 15) is 0 Å². The van der Waals surface area contributed by atoms with E-state index in [1.807, 2.05) is 13.0 Å². The van der Waals surface area contributed by atoms with E-state index in [1.165, 1.54) is 24.8 Å². The largest absolute Gasteiger partial charge is 0.389 e. The van der Waals surface area contributed by atoms with E-state index in [4.69, 9.17) is 5.11 Å². The first-order valence-electron chi connectivity index (χ1n) is 4.41. The number of hydrogen-bond donors (Lipinski definition) is 1. The summed E-state index contributed by atoms with van der Waals surface area (Å²) in [5.74, 6) is 0. The van der Waals surface area contributed by atoms with Crippen LogP contribution in [0.4, 0.5) is 0 Å². The van der Waals surface area contributed by atoms with Gasteiger partial charge in [-0.1, -0.05) is 25.5 Å². The summed E-state index contributed by atoms with van der Waals surface area (Å²) in [6.45, 7) is 6.34. The Morgan fingerprint density at radius 1 is 1.55 bits per heavy atom. The van der Waals surface area contributed by atoms with Crippen LogP contribution in [0, 0.1) is 5.41 Å². The summed E-state index contributed by atoms with van der Waals surface area (Å²) in [6, 6.07) is 0. The van der Waals surface area contributed by atoms with Crippen LogP contribution in [0.1, 0.15) is 40.0 Å². The summed E-state index contributed by atoms with van der Waals surface area (Å²) < 4.78 is 0. The van der Waals surface area contributed by atoms with Gasteiger partial charge in [0.2, 0.25) is 0 Å². The molecule has 1 N–H and O–H groups in total. The highest BCUT2D eigenvalue weighted by atomic mass is 16.3. The molecule has 0 amide bonds. The van der Waals surface area contributed by atoms with Crippen LogP contribution in [0.3, 0.4) is 0 Å². The molecular formula is C10H18O. The summed E-state index contributed by atoms with van der Waals surface area (Å²) in [6.07, 6.45) is 5.46. The molecule has 1 fully saturated rings. The van der Waals surface area contributed by atoms with E-state index in [-0.39, 0.29) is 6.10 Å². The lowest BCUT2D eigenvalue weighted by molar-refractivity contribution is 0.241. The fraction of sp³-hybridized carbons (Fsp3) is 0.800. The van der Waals surface area contributed by atoms with Crippen molar-refractivity contribution < 1.29 is 5.11 Å². The Balaban J connectivity index is 2.72. The Hall–Kier alpha value is -0.300. The molecule has 1 rings (SSSR count). The Morgan fingerprint density at radius 2 is 2.18 bits per heavy atom. The molecule has 64 valence electrons. The molecule has 0 aromatic heterocycles. The highest BCUT2D eigenvalue weighted by Crippen LogP contribution is 2.41. The van der Waals surface area contributed by atoms with Gasteiger partial charge >= 0.3 is 0 Å². The zero-order chi connectivity index (χ0) is 8.48. The van der Waals surface area contributed by atoms with Gasteiger partial charge in [0.05, 0.1) is 6.10 Å². The van der Waals surface area contributed by atoms with Crippen LogP contribution in [0.5, 0.6) is 0 Å². The van der Waals surface area contributed by atoms with Crippen LogP contribution in [0.25, 0.3) is 0 Å². The molecule has 1 saturated carbocycles. The Labute approximate surface area is 69.1 Å². The van der Waals surface area contributed by atoms with Crippen LogP contribution in [0.15, 0.2) is 11.6 Å². The Morgan fingerprint density at radius 3 is 2.55 bits per heavy atom. The van der Waals surface area contributed by atoms with Crippen molar-refractivity contribution in [3.63, 3.8) is 0 Å². The molecule has 0 aliphatic heterocycles. The zero-order valence-electron chi connectivity index (χ0n) is 7.72. The molecule has 1 unspecified atom stereocenters. The Bertz CT molecular complexity index is 166. The smallest absolute Gasteiger partial charge is 0.0695 e. The molecule has 1 heteroatoms. The van der Waals surface area contributed by atoms with Gasteiger partial charge in [-0.05, 0) is 31.6 Å². The van der Waals surface area contributed by atoms with Gasteiger partial charge in [-0.3, -0.25) is 0 Å². The van der Waals surface area contributed by atoms with Crippen molar-refractivity contribution in [3.05, 3.63) is 11.6 Å². The van der Waals surface area contributed by atoms with Crippen LogP contribution < -0.4 is 0 Å². The SMILES string of the molecule is CC(O)/C=C1/CCCC1(C)C. The molecule has 0 saturated heterocycles. The first-order valence-corrected chi connectivity index (χ1v) is 4.41. The third-order valence-electron chi connectivity index (χ3n) is 2.56. The molecule has 1 aliphatic carbocycles. The van der Waals surface area contributed by atoms with Gasteiger partial charge in [0.1, 0.15) is 0 Å². The molecule has 11 heavy (non-hydrogen) atoms. The lowest BCUT2D eigenvalue weighted by Crippen LogP contribution is -2.09. The fourth-order valence-corrected chi connectivity index (χ4v) is 1.82. The molecule has 1 nitrogen and oxygen atoms in total. The standard InChI is InChI=1S/C10H18O/c1-8(11)7-9-5-4-6-10(9,2)3/h7-8,11H,4-6H2,1-3H3/b9-7-. The number of aliphatic hydroxyl groups is 1. The number of aliphatic hydroxyl groups excluding tert-OH is 1. The van der Waals surface area contributed by atoms with Gasteiger partial charge in [0.25, 0.3) is 0 Å². The fourth-order valence-electron chi connectivity index (χ4n) is 1.82. The van der Waals surface area contributed by atoms with Crippen molar-refractivity contribution in [2.75, 3.05) is 0 Å². The van der Waals surface area contributed by atoms with E-state index in [0.717, 1.165) is 0 Å². The average Bonchev–Trinajstić information content (AvgIpc) is 2.10. The van der Waals surface area contributed by atoms with Gasteiger partial charge in [-0.15, -0.1) is 0 Å². The third kappa shape index (κ3) is 2.06. The summed E-state index contributed by atoms with van der Waals surface area (Å²) in [7, 11) is 0. The minimum atomic E-state index is -0.276. The molecule has 0 heterocycles. The van der Waals surface area contributed by atoms with E-state index < -0.39 is 0 Å². The maximum absolute atomic E-state index is 9.17. The number of allylic oxidation sites excluding steroid dienone is 1. The van der Waals surface area contributed by atoms with Gasteiger partial charge < -0.3 is 5.11 Å². The molecular weight excluding hydrogens is 136 g/mol. The lowest BCUT2D eigenvalue weighted by Gasteiger charge is -2.20. The molecule has 0 aromatic carbocycles. The van der Waals surface area contributed by atoms with Crippen molar-refractivity contribution in [3.8, 4) is 0 Å². The quantitative estimate of drug-likeness (QED) is 0.575. The predicted octanol–water partition coefficient (Wildman–Crippen LogP) is 2.50. The number of rotatable bonds is 1. The van der Waals surface area contributed by atoms with Gasteiger partial charge in [-0.2, -0.15) is 0 Å². The maximum atomic E-state index is 9.17. The van der Waals surface area contributed by atoms with Crippen molar-refractivity contribution in [2.45, 2.75) is 46.1 Å². The molecule has 1 aliphatic rings. The Kier molecular flexibility index (Phi) is 2.38. The van der Waals surface area contributed by atoms with E-state index in [2.05, 4.69) is 13.8 Å². The lowest BCUT2D eigenvalue weighted by atomic mass is 9.86. The third-order valence-corrected chi connectivity index (χ3v) is 2.56. The topological polar surface area (TPSA) is 20.2 Å². The second-order valence-corrected chi connectivity index (χ2v) is 4.17. The van der Waals surface area contributed by atoms with Crippen LogP contribution in [-0.2, 0) is 0 Å². The van der Waals surface area contributed by atoms with E-state index in [0.29, 0.717) is 5.41 Å². The summed E-state index contributed by atoms with van der Waals surface area (Å²) in [5, 5.41) is 9.17. The molecule has 0 bridgehead atoms. The van der Waals surface area contributed by atoms with Crippen molar-refractivity contribution in [1.29, 1.82) is 0 Å². The first kappa shape index (κ1) is 8.79. The minimum absolute atomic E-state index is 0.276. The number of hydrogen-bond acceptors (Lipinski definition) is 1. The molecule has 0 aromatic rings. The van der Waals surface area contributed by atoms with Gasteiger partial charge in [0.15, 0.2) is 0 Å². The maximum Gasteiger partial charge on any atom is 0.0695 e. The van der Waals surface area contributed by atoms with Gasteiger partial charge in [0, 0.05) is 0 Å². The van der Waals surface area contributed by atoms with Crippen molar-refractivity contribution >= 4 is 0 Å². The monoisotopic (exact) mass is 154 g/mol. The summed E-state index contributed by atoms with van der Waals surface area (Å²) in [5.41, 5.74) is 1.78. The van der Waals surface area contributed by atoms with E-state index in [1.54, 1.807) is 0 Å². The normalized spacial score (nSPS) is 29.3. The van der Waals surface area contributed by atoms with Crippen molar-refractivity contribution in [1.82, 2.24) is 0 Å². The summed E-state index contributed by atoms with van der Waals surface area (Å²) in [4.78, 5) is 0. The minimum Gasteiger partial charge on any atom is -0.389 e. The van der Waals surface area contributed by atoms with Crippen molar-refractivity contribution in [2.24, 2.45) is 5.41 Å². The average molecular weight is 154 g/mol. The highest BCUT2D eigenvalue weighted by molar-refractivity contribution is 5.17. The van der Waals surface area contributed by atoms with Crippen LogP contribution >= 0.6 is 0 Å². The zero-order valence-corrected chi connectivity index (χ0v) is 7.72. The molecule has 0 spiro atoms. The van der Waals surface area contributed by atoms with Crippen LogP contribution in [-0.4, -0.2) is 11.2 Å². The first-order chi connectivity index (χ1) is 5.02. The van der Waals surface area contributed by atoms with Crippen LogP contribution in [0.2, 0.25) is 0 Å².